The van der Waals surface area contributed by atoms with E-state index in [2.05, 4.69) is 4.90 Å². The van der Waals surface area contributed by atoms with Crippen LogP contribution in [0, 0.1) is 0 Å². The molecule has 3 N–H and O–H groups in total. The van der Waals surface area contributed by atoms with E-state index >= 15 is 0 Å². The molecule has 2 aliphatic heterocycles. The third-order valence-corrected chi connectivity index (χ3v) is 3.53. The molecule has 0 aromatic rings. The summed E-state index contributed by atoms with van der Waals surface area (Å²) in [4.78, 5) is 2.36. The topological polar surface area (TPSA) is 58.7 Å². The van der Waals surface area contributed by atoms with Crippen molar-refractivity contribution >= 4 is 0 Å². The van der Waals surface area contributed by atoms with Crippen molar-refractivity contribution in [2.75, 3.05) is 32.8 Å². The maximum absolute atomic E-state index is 9.72. The van der Waals surface area contributed by atoms with Gasteiger partial charge in [0.05, 0.1) is 11.7 Å². The maximum atomic E-state index is 9.72. The van der Waals surface area contributed by atoms with Gasteiger partial charge < -0.3 is 15.6 Å². The molecule has 0 aromatic carbocycles. The Labute approximate surface area is 91.4 Å². The van der Waals surface area contributed by atoms with Crippen LogP contribution < -0.4 is 5.73 Å². The number of piperidine rings is 1. The number of rotatable bonds is 2. The predicted molar refractivity (Wildman–Crippen MR) is 58.7 cm³/mol. The lowest BCUT2D eigenvalue weighted by molar-refractivity contribution is -0.146. The average Bonchev–Trinajstić information content (AvgIpc) is 2.17. The highest BCUT2D eigenvalue weighted by Gasteiger charge is 2.40. The number of nitrogens with zero attached hydrogens (tertiary/aromatic N) is 1. The lowest BCUT2D eigenvalue weighted by Crippen LogP contribution is -2.54. The second kappa shape index (κ2) is 4.78. The van der Waals surface area contributed by atoms with Crippen LogP contribution in [-0.2, 0) is 4.74 Å². The second-order valence-corrected chi connectivity index (χ2v) is 4.85. The van der Waals surface area contributed by atoms with Gasteiger partial charge in [-0.05, 0) is 25.8 Å². The first kappa shape index (κ1) is 11.3. The number of nitrogens with two attached hydrogens (primary N) is 1. The van der Waals surface area contributed by atoms with Gasteiger partial charge in [0.1, 0.15) is 0 Å². The molecule has 1 spiro atoms. The summed E-state index contributed by atoms with van der Waals surface area (Å²) in [5.41, 5.74) is 5.49. The molecule has 0 aliphatic carbocycles. The zero-order valence-corrected chi connectivity index (χ0v) is 9.32. The number of ether oxygens (including phenoxy) is 1. The molecule has 0 aromatic heterocycles. The minimum Gasteiger partial charge on any atom is -0.393 e. The van der Waals surface area contributed by atoms with E-state index in [1.807, 2.05) is 0 Å². The first-order valence-corrected chi connectivity index (χ1v) is 5.99. The summed E-state index contributed by atoms with van der Waals surface area (Å²) in [6.45, 7) is 4.43. The van der Waals surface area contributed by atoms with Crippen molar-refractivity contribution in [2.24, 2.45) is 5.73 Å². The van der Waals surface area contributed by atoms with Gasteiger partial charge in [-0.15, -0.1) is 0 Å². The minimum atomic E-state index is -0.170. The van der Waals surface area contributed by atoms with E-state index in [-0.39, 0.29) is 11.7 Å². The highest BCUT2D eigenvalue weighted by atomic mass is 16.5. The van der Waals surface area contributed by atoms with Crippen molar-refractivity contribution in [3.63, 3.8) is 0 Å². The molecular formula is C11H22N2O2. The van der Waals surface area contributed by atoms with E-state index in [0.29, 0.717) is 13.2 Å². The Morgan fingerprint density at radius 1 is 1.53 bits per heavy atom. The minimum absolute atomic E-state index is 0.0783. The Morgan fingerprint density at radius 3 is 3.13 bits per heavy atom. The molecule has 0 bridgehead atoms. The third kappa shape index (κ3) is 2.69. The SMILES string of the molecule is NCCN1CCC[C@@]2(C[C@H](O)CCO2)C1. The molecule has 2 saturated heterocycles. The molecular weight excluding hydrogens is 192 g/mol. The van der Waals surface area contributed by atoms with E-state index in [0.717, 1.165) is 45.3 Å². The maximum Gasteiger partial charge on any atom is 0.0833 e. The first-order valence-electron chi connectivity index (χ1n) is 5.99. The lowest BCUT2D eigenvalue weighted by Gasteiger charge is -2.46. The van der Waals surface area contributed by atoms with Crippen LogP contribution in [0.5, 0.6) is 0 Å². The van der Waals surface area contributed by atoms with Crippen LogP contribution in [0.3, 0.4) is 0 Å². The fourth-order valence-electron chi connectivity index (χ4n) is 2.85. The van der Waals surface area contributed by atoms with Gasteiger partial charge in [-0.3, -0.25) is 4.90 Å². The van der Waals surface area contributed by atoms with Gasteiger partial charge in [-0.1, -0.05) is 0 Å². The van der Waals surface area contributed by atoms with Crippen molar-refractivity contribution in [3.05, 3.63) is 0 Å². The molecule has 0 radical (unpaired) electrons. The van der Waals surface area contributed by atoms with Crippen LogP contribution in [0.4, 0.5) is 0 Å². The van der Waals surface area contributed by atoms with Gasteiger partial charge in [-0.25, -0.2) is 0 Å². The van der Waals surface area contributed by atoms with E-state index in [4.69, 9.17) is 10.5 Å². The number of aliphatic hydroxyl groups excluding tert-OH is 1. The standard InChI is InChI=1S/C11H22N2O2/c12-4-6-13-5-1-3-11(9-13)8-10(14)2-7-15-11/h10,14H,1-9,12H2/t10-,11-/m1/s1. The van der Waals surface area contributed by atoms with Crippen LogP contribution in [0.2, 0.25) is 0 Å². The smallest absolute Gasteiger partial charge is 0.0833 e. The Bertz CT molecular complexity index is 207. The average molecular weight is 214 g/mol. The molecule has 2 fully saturated rings. The van der Waals surface area contributed by atoms with Crippen LogP contribution in [0.15, 0.2) is 0 Å². The van der Waals surface area contributed by atoms with E-state index < -0.39 is 0 Å². The van der Waals surface area contributed by atoms with E-state index in [1.54, 1.807) is 0 Å². The number of hydrogen-bond acceptors (Lipinski definition) is 4. The summed E-state index contributed by atoms with van der Waals surface area (Å²) in [5.74, 6) is 0. The fraction of sp³-hybridized carbons (Fsp3) is 1.00. The number of aliphatic hydroxyl groups is 1. The molecule has 0 saturated carbocycles. The van der Waals surface area contributed by atoms with Crippen molar-refractivity contribution in [2.45, 2.75) is 37.4 Å². The zero-order valence-electron chi connectivity index (χ0n) is 9.32. The highest BCUT2D eigenvalue weighted by molar-refractivity contribution is 4.93. The second-order valence-electron chi connectivity index (χ2n) is 4.85. The van der Waals surface area contributed by atoms with Gasteiger partial charge in [0.2, 0.25) is 0 Å². The van der Waals surface area contributed by atoms with E-state index in [1.165, 1.54) is 0 Å². The molecule has 88 valence electrons. The fourth-order valence-corrected chi connectivity index (χ4v) is 2.85. The summed E-state index contributed by atoms with van der Waals surface area (Å²) in [5, 5.41) is 9.72. The summed E-state index contributed by atoms with van der Waals surface area (Å²) < 4.78 is 5.91. The molecule has 2 rings (SSSR count). The van der Waals surface area contributed by atoms with Crippen LogP contribution in [0.1, 0.15) is 25.7 Å². The Hall–Kier alpha value is -0.160. The molecule has 4 heteroatoms. The van der Waals surface area contributed by atoms with Crippen LogP contribution in [-0.4, -0.2) is 54.5 Å². The predicted octanol–water partition coefficient (Wildman–Crippen LogP) is -0.0490. The molecule has 2 aliphatic rings. The molecule has 4 nitrogen and oxygen atoms in total. The highest BCUT2D eigenvalue weighted by Crippen LogP contribution is 2.33. The molecule has 0 unspecified atom stereocenters. The lowest BCUT2D eigenvalue weighted by atomic mass is 9.84. The molecule has 2 heterocycles. The quantitative estimate of drug-likeness (QED) is 0.677. The third-order valence-electron chi connectivity index (χ3n) is 3.53. The number of likely N-dealkylation sites (tertiary alicyclic amines) is 1. The Morgan fingerprint density at radius 2 is 2.40 bits per heavy atom. The van der Waals surface area contributed by atoms with Crippen molar-refractivity contribution in [1.29, 1.82) is 0 Å². The van der Waals surface area contributed by atoms with Gasteiger partial charge in [0.25, 0.3) is 0 Å². The largest absolute Gasteiger partial charge is 0.393 e. The molecule has 15 heavy (non-hydrogen) atoms. The van der Waals surface area contributed by atoms with Gasteiger partial charge in [-0.2, -0.15) is 0 Å². The number of hydrogen-bond donors (Lipinski definition) is 2. The molecule has 2 atom stereocenters. The Kier molecular flexibility index (Phi) is 3.61. The summed E-state index contributed by atoms with van der Waals surface area (Å²) in [7, 11) is 0. The van der Waals surface area contributed by atoms with Crippen molar-refractivity contribution < 1.29 is 9.84 Å². The summed E-state index contributed by atoms with van der Waals surface area (Å²) >= 11 is 0. The van der Waals surface area contributed by atoms with Gasteiger partial charge >= 0.3 is 0 Å². The van der Waals surface area contributed by atoms with Crippen LogP contribution in [0.25, 0.3) is 0 Å². The van der Waals surface area contributed by atoms with Gasteiger partial charge in [0, 0.05) is 32.7 Å². The normalized spacial score (nSPS) is 38.4. The van der Waals surface area contributed by atoms with Gasteiger partial charge in [0.15, 0.2) is 0 Å². The zero-order chi connectivity index (χ0) is 10.7. The Balaban J connectivity index is 1.94. The first-order chi connectivity index (χ1) is 7.24. The van der Waals surface area contributed by atoms with Crippen molar-refractivity contribution in [3.8, 4) is 0 Å². The summed E-state index contributed by atoms with van der Waals surface area (Å²) in [6.07, 6.45) is 3.67. The van der Waals surface area contributed by atoms with Crippen LogP contribution >= 0.6 is 0 Å². The van der Waals surface area contributed by atoms with Crippen molar-refractivity contribution in [1.82, 2.24) is 4.90 Å². The van der Waals surface area contributed by atoms with E-state index in [9.17, 15) is 5.11 Å². The monoisotopic (exact) mass is 214 g/mol. The summed E-state index contributed by atoms with van der Waals surface area (Å²) in [6, 6.07) is 0. The molecule has 0 amide bonds.